The summed E-state index contributed by atoms with van der Waals surface area (Å²) in [6, 6.07) is 14.3. The normalized spacial score (nSPS) is 13.4. The number of hydrogen-bond donors (Lipinski definition) is 0. The number of hydrogen-bond acceptors (Lipinski definition) is 2. The molecule has 0 heterocycles. The predicted octanol–water partition coefficient (Wildman–Crippen LogP) is 3.88. The molecule has 0 amide bonds. The van der Waals surface area contributed by atoms with Gasteiger partial charge in [0.05, 0.1) is 14.2 Å². The van der Waals surface area contributed by atoms with E-state index in [0.29, 0.717) is 0 Å². The molecule has 1 aliphatic rings. The highest BCUT2D eigenvalue weighted by Gasteiger charge is 2.13. The minimum absolute atomic E-state index is 0.886. The first-order chi connectivity index (χ1) is 9.80. The molecule has 0 fully saturated rings. The summed E-state index contributed by atoms with van der Waals surface area (Å²) in [5, 5.41) is 0. The molecule has 1 aliphatic carbocycles. The van der Waals surface area contributed by atoms with Crippen LogP contribution in [0, 0.1) is 6.08 Å². The number of fused-ring (bicyclic) bond motifs is 1. The number of ether oxygens (including phenoxy) is 2. The molecule has 0 bridgehead atoms. The maximum atomic E-state index is 5.29. The summed E-state index contributed by atoms with van der Waals surface area (Å²) in [4.78, 5) is 0. The number of benzene rings is 2. The van der Waals surface area contributed by atoms with E-state index in [1.165, 1.54) is 16.7 Å². The van der Waals surface area contributed by atoms with E-state index in [2.05, 4.69) is 30.3 Å². The zero-order valence-corrected chi connectivity index (χ0v) is 11.8. The standard InChI is InChI=1S/C18H17O2/c1-19-17-5-3-4-13(11-17)14-6-7-16-12-18(20-2)9-8-15(16)10-14/h3-5,8-9,11-12H,6-7H2,1-2H3. The van der Waals surface area contributed by atoms with Gasteiger partial charge < -0.3 is 9.47 Å². The molecule has 0 aliphatic heterocycles. The average molecular weight is 265 g/mol. The number of rotatable bonds is 3. The van der Waals surface area contributed by atoms with E-state index in [1.54, 1.807) is 14.2 Å². The first-order valence-electron chi connectivity index (χ1n) is 6.74. The predicted molar refractivity (Wildman–Crippen MR) is 80.1 cm³/mol. The van der Waals surface area contributed by atoms with Crippen molar-refractivity contribution in [1.82, 2.24) is 0 Å². The summed E-state index contributed by atoms with van der Waals surface area (Å²) >= 11 is 0. The van der Waals surface area contributed by atoms with Crippen molar-refractivity contribution in [2.45, 2.75) is 12.8 Å². The van der Waals surface area contributed by atoms with Crippen LogP contribution in [0.15, 0.2) is 42.5 Å². The molecule has 0 N–H and O–H groups in total. The van der Waals surface area contributed by atoms with Crippen LogP contribution in [0.1, 0.15) is 23.1 Å². The van der Waals surface area contributed by atoms with Gasteiger partial charge in [0.15, 0.2) is 0 Å². The summed E-state index contributed by atoms with van der Waals surface area (Å²) in [6.45, 7) is 0. The van der Waals surface area contributed by atoms with Crippen molar-refractivity contribution < 1.29 is 9.47 Å². The van der Waals surface area contributed by atoms with E-state index in [-0.39, 0.29) is 0 Å². The van der Waals surface area contributed by atoms with E-state index < -0.39 is 0 Å². The Morgan fingerprint density at radius 2 is 1.70 bits per heavy atom. The average Bonchev–Trinajstić information content (AvgIpc) is 2.54. The molecule has 0 unspecified atom stereocenters. The summed E-state index contributed by atoms with van der Waals surface area (Å²) in [6.07, 6.45) is 5.53. The highest BCUT2D eigenvalue weighted by Crippen LogP contribution is 2.31. The van der Waals surface area contributed by atoms with E-state index in [1.807, 2.05) is 18.2 Å². The lowest BCUT2D eigenvalue weighted by Gasteiger charge is -2.17. The minimum atomic E-state index is 0.886. The molecule has 3 rings (SSSR count). The minimum Gasteiger partial charge on any atom is -0.497 e. The lowest BCUT2D eigenvalue weighted by molar-refractivity contribution is 0.414. The summed E-state index contributed by atoms with van der Waals surface area (Å²) in [7, 11) is 3.39. The fraction of sp³-hybridized carbons (Fsp3) is 0.222. The van der Waals surface area contributed by atoms with Gasteiger partial charge in [-0.05, 0) is 65.4 Å². The van der Waals surface area contributed by atoms with Crippen LogP contribution >= 0.6 is 0 Å². The Labute approximate surface area is 119 Å². The van der Waals surface area contributed by atoms with Crippen molar-refractivity contribution in [2.75, 3.05) is 14.2 Å². The van der Waals surface area contributed by atoms with Gasteiger partial charge in [0.25, 0.3) is 0 Å². The number of allylic oxidation sites excluding steroid dienone is 1. The fourth-order valence-electron chi connectivity index (χ4n) is 2.54. The monoisotopic (exact) mass is 265 g/mol. The van der Waals surface area contributed by atoms with Gasteiger partial charge in [-0.1, -0.05) is 18.2 Å². The third-order valence-electron chi connectivity index (χ3n) is 3.66. The summed E-state index contributed by atoms with van der Waals surface area (Å²) in [5.74, 6) is 1.80. The maximum absolute atomic E-state index is 5.29. The Kier molecular flexibility index (Phi) is 3.46. The van der Waals surface area contributed by atoms with E-state index in [9.17, 15) is 0 Å². The van der Waals surface area contributed by atoms with E-state index >= 15 is 0 Å². The van der Waals surface area contributed by atoms with Crippen LogP contribution in [-0.4, -0.2) is 14.2 Å². The lowest BCUT2D eigenvalue weighted by Crippen LogP contribution is -2.01. The van der Waals surface area contributed by atoms with Crippen LogP contribution in [0.5, 0.6) is 11.5 Å². The molecule has 0 aromatic heterocycles. The van der Waals surface area contributed by atoms with E-state index in [0.717, 1.165) is 29.9 Å². The van der Waals surface area contributed by atoms with Crippen LogP contribution in [0.2, 0.25) is 0 Å². The SMILES string of the molecule is COc1cccc(C2=[C]c3ccc(OC)cc3CC2)c1. The molecule has 2 aromatic rings. The van der Waals surface area contributed by atoms with Crippen LogP contribution in [0.25, 0.3) is 5.57 Å². The quantitative estimate of drug-likeness (QED) is 0.838. The molecular weight excluding hydrogens is 248 g/mol. The van der Waals surface area contributed by atoms with Crippen LogP contribution in [0.3, 0.4) is 0 Å². The number of aryl methyl sites for hydroxylation is 1. The van der Waals surface area contributed by atoms with Gasteiger partial charge in [-0.3, -0.25) is 0 Å². The van der Waals surface area contributed by atoms with Gasteiger partial charge in [0.1, 0.15) is 11.5 Å². The van der Waals surface area contributed by atoms with Gasteiger partial charge in [0, 0.05) is 0 Å². The fourth-order valence-corrected chi connectivity index (χ4v) is 2.54. The van der Waals surface area contributed by atoms with Crippen LogP contribution in [-0.2, 0) is 6.42 Å². The largest absolute Gasteiger partial charge is 0.497 e. The summed E-state index contributed by atoms with van der Waals surface area (Å²) in [5.41, 5.74) is 4.89. The third kappa shape index (κ3) is 2.42. The van der Waals surface area contributed by atoms with Crippen molar-refractivity contribution in [3.8, 4) is 11.5 Å². The molecule has 0 atom stereocenters. The molecule has 101 valence electrons. The molecular formula is C18H17O2. The molecule has 20 heavy (non-hydrogen) atoms. The van der Waals surface area contributed by atoms with Crippen molar-refractivity contribution in [2.24, 2.45) is 0 Å². The molecule has 0 spiro atoms. The van der Waals surface area contributed by atoms with Gasteiger partial charge in [-0.15, -0.1) is 0 Å². The van der Waals surface area contributed by atoms with Gasteiger partial charge >= 0.3 is 0 Å². The van der Waals surface area contributed by atoms with Crippen LogP contribution < -0.4 is 9.47 Å². The second-order valence-electron chi connectivity index (χ2n) is 4.86. The maximum Gasteiger partial charge on any atom is 0.119 e. The molecule has 2 heteroatoms. The Morgan fingerprint density at radius 1 is 0.900 bits per heavy atom. The molecule has 2 nitrogen and oxygen atoms in total. The van der Waals surface area contributed by atoms with Crippen molar-refractivity contribution in [1.29, 1.82) is 0 Å². The molecule has 0 saturated carbocycles. The third-order valence-corrected chi connectivity index (χ3v) is 3.66. The van der Waals surface area contributed by atoms with Gasteiger partial charge in [0.2, 0.25) is 0 Å². The van der Waals surface area contributed by atoms with Crippen molar-refractivity contribution >= 4 is 5.57 Å². The van der Waals surface area contributed by atoms with Crippen molar-refractivity contribution in [3.63, 3.8) is 0 Å². The molecule has 0 saturated heterocycles. The molecule has 2 aromatic carbocycles. The van der Waals surface area contributed by atoms with E-state index in [4.69, 9.17) is 9.47 Å². The van der Waals surface area contributed by atoms with Gasteiger partial charge in [-0.2, -0.15) is 0 Å². The zero-order valence-electron chi connectivity index (χ0n) is 11.8. The zero-order chi connectivity index (χ0) is 13.9. The summed E-state index contributed by atoms with van der Waals surface area (Å²) < 4.78 is 10.6. The smallest absolute Gasteiger partial charge is 0.119 e. The Morgan fingerprint density at radius 3 is 2.50 bits per heavy atom. The Balaban J connectivity index is 1.97. The topological polar surface area (TPSA) is 18.5 Å². The molecule has 1 radical (unpaired) electrons. The van der Waals surface area contributed by atoms with Crippen molar-refractivity contribution in [3.05, 3.63) is 65.2 Å². The second kappa shape index (κ2) is 5.41. The van der Waals surface area contributed by atoms with Crippen LogP contribution in [0.4, 0.5) is 0 Å². The Hall–Kier alpha value is -2.22. The first-order valence-corrected chi connectivity index (χ1v) is 6.74. The highest BCUT2D eigenvalue weighted by molar-refractivity contribution is 5.70. The Bertz CT molecular complexity index is 656. The highest BCUT2D eigenvalue weighted by atomic mass is 16.5. The van der Waals surface area contributed by atoms with Gasteiger partial charge in [-0.25, -0.2) is 0 Å². The number of methoxy groups -OCH3 is 2. The first kappa shape index (κ1) is 12.8. The second-order valence-corrected chi connectivity index (χ2v) is 4.86. The lowest BCUT2D eigenvalue weighted by atomic mass is 9.88.